The molecule has 0 atom stereocenters. The van der Waals surface area contributed by atoms with Crippen molar-refractivity contribution in [1.29, 1.82) is 0 Å². The molecule has 3 rings (SSSR count). The number of nitrogens with zero attached hydrogens (tertiary/aromatic N) is 1. The number of hydrogen-bond acceptors (Lipinski definition) is 4. The van der Waals surface area contributed by atoms with Crippen molar-refractivity contribution in [2.75, 3.05) is 20.1 Å². The van der Waals surface area contributed by atoms with E-state index < -0.39 is 5.91 Å². The zero-order chi connectivity index (χ0) is 22.2. The second kappa shape index (κ2) is 11.0. The van der Waals surface area contributed by atoms with Gasteiger partial charge in [0.05, 0.1) is 6.54 Å². The van der Waals surface area contributed by atoms with Crippen LogP contribution in [0.5, 0.6) is 0 Å². The third-order valence-electron chi connectivity index (χ3n) is 6.04. The Morgan fingerprint density at radius 2 is 1.94 bits per heavy atom. The first-order valence-corrected chi connectivity index (χ1v) is 11.2. The molecule has 1 aliphatic heterocycles. The second-order valence-electron chi connectivity index (χ2n) is 8.51. The van der Waals surface area contributed by atoms with E-state index in [9.17, 15) is 14.4 Å². The van der Waals surface area contributed by atoms with Crippen LogP contribution in [-0.4, -0.2) is 36.4 Å². The van der Waals surface area contributed by atoms with Gasteiger partial charge >= 0.3 is 0 Å². The topological polar surface area (TPSA) is 80.2 Å². The lowest BCUT2D eigenvalue weighted by molar-refractivity contribution is 0.0961. The molecule has 6 nitrogen and oxygen atoms in total. The highest BCUT2D eigenvalue weighted by molar-refractivity contribution is 6.00. The molecule has 1 saturated heterocycles. The van der Waals surface area contributed by atoms with E-state index in [1.165, 1.54) is 30.5 Å². The van der Waals surface area contributed by atoms with Crippen LogP contribution in [0.2, 0.25) is 0 Å². The zero-order valence-electron chi connectivity index (χ0n) is 18.6. The summed E-state index contributed by atoms with van der Waals surface area (Å²) in [5, 5.41) is 5.89. The van der Waals surface area contributed by atoms with Gasteiger partial charge < -0.3 is 15.2 Å². The highest BCUT2D eigenvalue weighted by atomic mass is 16.2. The van der Waals surface area contributed by atoms with Crippen LogP contribution in [0.25, 0.3) is 0 Å². The Hall–Kier alpha value is -2.73. The number of benzene rings is 1. The molecule has 6 heteroatoms. The summed E-state index contributed by atoms with van der Waals surface area (Å²) >= 11 is 0. The number of piperidine rings is 1. The van der Waals surface area contributed by atoms with Gasteiger partial charge in [-0.3, -0.25) is 14.4 Å². The van der Waals surface area contributed by atoms with Gasteiger partial charge in [-0.05, 0) is 56.8 Å². The molecule has 1 aromatic carbocycles. The molecule has 0 unspecified atom stereocenters. The summed E-state index contributed by atoms with van der Waals surface area (Å²) in [7, 11) is 1.49. The van der Waals surface area contributed by atoms with Crippen molar-refractivity contribution in [3.05, 3.63) is 69.1 Å². The molecule has 166 valence electrons. The van der Waals surface area contributed by atoms with E-state index in [4.69, 9.17) is 0 Å². The molecule has 1 fully saturated rings. The maximum Gasteiger partial charge on any atom is 0.263 e. The summed E-state index contributed by atoms with van der Waals surface area (Å²) in [6.07, 6.45) is 7.48. The van der Waals surface area contributed by atoms with Gasteiger partial charge in [0.15, 0.2) is 5.78 Å². The van der Waals surface area contributed by atoms with Gasteiger partial charge in [0.2, 0.25) is 0 Å². The monoisotopic (exact) mass is 423 g/mol. The maximum absolute atomic E-state index is 12.9. The van der Waals surface area contributed by atoms with Crippen LogP contribution in [0.15, 0.2) is 41.3 Å². The molecule has 1 aliphatic rings. The summed E-state index contributed by atoms with van der Waals surface area (Å²) < 4.78 is 1.47. The number of aromatic nitrogens is 1. The van der Waals surface area contributed by atoms with Crippen molar-refractivity contribution >= 4 is 11.7 Å². The standard InChI is InChI=1S/C25H33N3O3/c1-18-6-5-8-20(14-18)16-28-17-21(15-22(25(28)31)24(30)26-2)23(29)9-4-3-7-19-10-12-27-13-11-19/h5-6,8,14-15,17,19,27H,3-4,7,9-13,16H2,1-2H3,(H,26,30). The molecule has 2 N–H and O–H groups in total. The second-order valence-corrected chi connectivity index (χ2v) is 8.51. The molecule has 2 aromatic rings. The van der Waals surface area contributed by atoms with E-state index in [2.05, 4.69) is 10.6 Å². The van der Waals surface area contributed by atoms with Crippen molar-refractivity contribution in [1.82, 2.24) is 15.2 Å². The quantitative estimate of drug-likeness (QED) is 0.479. The fourth-order valence-electron chi connectivity index (χ4n) is 4.24. The summed E-state index contributed by atoms with van der Waals surface area (Å²) in [4.78, 5) is 38.0. The fourth-order valence-corrected chi connectivity index (χ4v) is 4.24. The van der Waals surface area contributed by atoms with Crippen molar-refractivity contribution in [3.8, 4) is 0 Å². The van der Waals surface area contributed by atoms with E-state index >= 15 is 0 Å². The largest absolute Gasteiger partial charge is 0.355 e. The van der Waals surface area contributed by atoms with E-state index in [0.29, 0.717) is 18.5 Å². The molecule has 0 saturated carbocycles. The van der Waals surface area contributed by atoms with Crippen molar-refractivity contribution in [3.63, 3.8) is 0 Å². The number of nitrogens with one attached hydrogen (secondary N) is 2. The molecule has 0 spiro atoms. The maximum atomic E-state index is 12.9. The van der Waals surface area contributed by atoms with Crippen LogP contribution in [-0.2, 0) is 6.54 Å². The van der Waals surface area contributed by atoms with Gasteiger partial charge in [-0.1, -0.05) is 42.7 Å². The van der Waals surface area contributed by atoms with Gasteiger partial charge in [0.1, 0.15) is 5.56 Å². The third-order valence-corrected chi connectivity index (χ3v) is 6.04. The lowest BCUT2D eigenvalue weighted by atomic mass is 9.92. The Labute approximate surface area is 184 Å². The third kappa shape index (κ3) is 6.37. The molecule has 0 bridgehead atoms. The smallest absolute Gasteiger partial charge is 0.263 e. The van der Waals surface area contributed by atoms with Gasteiger partial charge in [0.25, 0.3) is 11.5 Å². The normalized spacial score (nSPS) is 14.4. The molecule has 0 radical (unpaired) electrons. The highest BCUT2D eigenvalue weighted by Crippen LogP contribution is 2.20. The van der Waals surface area contributed by atoms with Crippen LogP contribution >= 0.6 is 0 Å². The SMILES string of the molecule is CNC(=O)c1cc(C(=O)CCCCC2CCNCC2)cn(Cc2cccc(C)c2)c1=O. The lowest BCUT2D eigenvalue weighted by Crippen LogP contribution is -2.32. The number of rotatable bonds is 9. The first-order chi connectivity index (χ1) is 15.0. The Morgan fingerprint density at radius 1 is 1.16 bits per heavy atom. The molecule has 2 heterocycles. The summed E-state index contributed by atoms with van der Waals surface area (Å²) in [6, 6.07) is 9.32. The van der Waals surface area contributed by atoms with E-state index in [1.807, 2.05) is 31.2 Å². The minimum absolute atomic E-state index is 0.00992. The predicted molar refractivity (Wildman–Crippen MR) is 123 cm³/mol. The van der Waals surface area contributed by atoms with Crippen molar-refractivity contribution in [2.45, 2.75) is 52.0 Å². The average Bonchev–Trinajstić information content (AvgIpc) is 2.78. The molecule has 31 heavy (non-hydrogen) atoms. The average molecular weight is 424 g/mol. The van der Waals surface area contributed by atoms with Crippen LogP contribution in [0.4, 0.5) is 0 Å². The number of carbonyl (C=O) groups is 2. The number of hydrogen-bond donors (Lipinski definition) is 2. The lowest BCUT2D eigenvalue weighted by Gasteiger charge is -2.22. The number of aryl methyl sites for hydroxylation is 1. The van der Waals surface area contributed by atoms with Gasteiger partial charge in [0, 0.05) is 25.2 Å². The minimum Gasteiger partial charge on any atom is -0.355 e. The zero-order valence-corrected chi connectivity index (χ0v) is 18.6. The Bertz CT molecular complexity index is 974. The number of carbonyl (C=O) groups excluding carboxylic acids is 2. The molecular weight excluding hydrogens is 390 g/mol. The van der Waals surface area contributed by atoms with Crippen LogP contribution < -0.4 is 16.2 Å². The Balaban J connectivity index is 1.72. The Morgan fingerprint density at radius 3 is 2.65 bits per heavy atom. The van der Waals surface area contributed by atoms with Crippen molar-refractivity contribution < 1.29 is 9.59 Å². The number of ketones is 1. The number of unbranched alkanes of at least 4 members (excludes halogenated alkanes) is 1. The molecule has 1 amide bonds. The fraction of sp³-hybridized carbons (Fsp3) is 0.480. The van der Waals surface area contributed by atoms with Gasteiger partial charge in [-0.25, -0.2) is 0 Å². The molecule has 1 aromatic heterocycles. The van der Waals surface area contributed by atoms with E-state index in [-0.39, 0.29) is 16.9 Å². The molecule has 0 aliphatic carbocycles. The first-order valence-electron chi connectivity index (χ1n) is 11.2. The number of amides is 1. The summed E-state index contributed by atoms with van der Waals surface area (Å²) in [5.41, 5.74) is 2.10. The summed E-state index contributed by atoms with van der Waals surface area (Å²) in [5.74, 6) is 0.268. The number of pyridine rings is 1. The van der Waals surface area contributed by atoms with Gasteiger partial charge in [-0.15, -0.1) is 0 Å². The first kappa shape index (κ1) is 22.9. The predicted octanol–water partition coefficient (Wildman–Crippen LogP) is 3.31. The van der Waals surface area contributed by atoms with Crippen LogP contribution in [0, 0.1) is 12.8 Å². The minimum atomic E-state index is -0.469. The highest BCUT2D eigenvalue weighted by Gasteiger charge is 2.17. The Kier molecular flexibility index (Phi) is 8.18. The van der Waals surface area contributed by atoms with Gasteiger partial charge in [-0.2, -0.15) is 0 Å². The van der Waals surface area contributed by atoms with Crippen molar-refractivity contribution in [2.24, 2.45) is 5.92 Å². The van der Waals surface area contributed by atoms with E-state index in [0.717, 1.165) is 49.4 Å². The molecular formula is C25H33N3O3. The summed E-state index contributed by atoms with van der Waals surface area (Å²) in [6.45, 7) is 4.50. The van der Waals surface area contributed by atoms with Crippen LogP contribution in [0.3, 0.4) is 0 Å². The van der Waals surface area contributed by atoms with Crippen LogP contribution in [0.1, 0.15) is 70.4 Å². The van der Waals surface area contributed by atoms with E-state index in [1.54, 1.807) is 6.20 Å². The number of Topliss-reactive ketones (excluding diaryl/α,β-unsaturated/α-hetero) is 1.